The summed E-state index contributed by atoms with van der Waals surface area (Å²) in [4.78, 5) is 15.2. The van der Waals surface area contributed by atoms with E-state index in [1.165, 1.54) is 5.56 Å². The van der Waals surface area contributed by atoms with E-state index >= 15 is 0 Å². The van der Waals surface area contributed by atoms with Gasteiger partial charge in [0.05, 0.1) is 5.52 Å². The highest BCUT2D eigenvalue weighted by molar-refractivity contribution is 5.93. The molecule has 136 valence electrons. The number of nitrogens with one attached hydrogen (secondary N) is 3. The van der Waals surface area contributed by atoms with Crippen LogP contribution in [0.1, 0.15) is 31.9 Å². The number of aromatic amines is 1. The van der Waals surface area contributed by atoms with E-state index in [4.69, 9.17) is 4.74 Å². The molecular formula is C21H25N3O2. The molecule has 1 aromatic carbocycles. The van der Waals surface area contributed by atoms with Gasteiger partial charge in [-0.1, -0.05) is 30.4 Å². The topological polar surface area (TPSA) is 66.1 Å². The molecule has 5 heteroatoms. The SMILES string of the molecule is CC(C)(C)OC(=O)NCCc1c[nH]c2c(C3=CC=CC=CN3)cccc12. The van der Waals surface area contributed by atoms with Crippen LogP contribution in [0.3, 0.4) is 0 Å². The van der Waals surface area contributed by atoms with Crippen molar-refractivity contribution in [2.45, 2.75) is 32.8 Å². The molecule has 0 aliphatic carbocycles. The van der Waals surface area contributed by atoms with E-state index in [0.717, 1.165) is 28.6 Å². The van der Waals surface area contributed by atoms with Gasteiger partial charge in [0.15, 0.2) is 0 Å². The summed E-state index contributed by atoms with van der Waals surface area (Å²) >= 11 is 0. The van der Waals surface area contributed by atoms with E-state index < -0.39 is 5.60 Å². The first-order chi connectivity index (χ1) is 12.4. The van der Waals surface area contributed by atoms with Crippen molar-refractivity contribution in [3.8, 4) is 0 Å². The number of alkyl carbamates (subject to hydrolysis) is 1. The molecule has 1 amide bonds. The second kappa shape index (κ2) is 7.52. The van der Waals surface area contributed by atoms with Gasteiger partial charge in [0.1, 0.15) is 5.60 Å². The van der Waals surface area contributed by atoms with Crippen LogP contribution in [-0.2, 0) is 11.2 Å². The molecule has 26 heavy (non-hydrogen) atoms. The van der Waals surface area contributed by atoms with E-state index in [1.807, 2.05) is 51.4 Å². The number of hydrogen-bond donors (Lipinski definition) is 3. The summed E-state index contributed by atoms with van der Waals surface area (Å²) in [6, 6.07) is 6.24. The molecule has 2 heterocycles. The number of allylic oxidation sites excluding steroid dienone is 4. The number of rotatable bonds is 4. The number of hydrogen-bond acceptors (Lipinski definition) is 3. The lowest BCUT2D eigenvalue weighted by molar-refractivity contribution is 0.0528. The van der Waals surface area contributed by atoms with Crippen molar-refractivity contribution in [2.75, 3.05) is 6.54 Å². The van der Waals surface area contributed by atoms with Crippen molar-refractivity contribution in [3.63, 3.8) is 0 Å². The fourth-order valence-electron chi connectivity index (χ4n) is 2.88. The summed E-state index contributed by atoms with van der Waals surface area (Å²) in [5.41, 5.74) is 3.92. The number of H-pyrrole nitrogens is 1. The van der Waals surface area contributed by atoms with Crippen molar-refractivity contribution in [3.05, 3.63) is 66.0 Å². The van der Waals surface area contributed by atoms with Crippen molar-refractivity contribution < 1.29 is 9.53 Å². The molecule has 5 nitrogen and oxygen atoms in total. The molecule has 1 aliphatic rings. The van der Waals surface area contributed by atoms with Gasteiger partial charge in [-0.25, -0.2) is 4.79 Å². The van der Waals surface area contributed by atoms with E-state index in [1.54, 1.807) is 0 Å². The van der Waals surface area contributed by atoms with Crippen molar-refractivity contribution >= 4 is 22.7 Å². The van der Waals surface area contributed by atoms with Gasteiger partial charge >= 0.3 is 6.09 Å². The molecule has 1 aliphatic heterocycles. The second-order valence-electron chi connectivity index (χ2n) is 7.19. The Kier molecular flexibility index (Phi) is 5.16. The molecule has 1 aromatic heterocycles. The fourth-order valence-corrected chi connectivity index (χ4v) is 2.88. The highest BCUT2D eigenvalue weighted by Gasteiger charge is 2.16. The Morgan fingerprint density at radius 1 is 1.19 bits per heavy atom. The van der Waals surface area contributed by atoms with Gasteiger partial charge < -0.3 is 20.4 Å². The van der Waals surface area contributed by atoms with Crippen LogP contribution < -0.4 is 10.6 Å². The van der Waals surface area contributed by atoms with Crippen LogP contribution in [0.25, 0.3) is 16.6 Å². The summed E-state index contributed by atoms with van der Waals surface area (Å²) < 4.78 is 5.27. The average Bonchev–Trinajstić information content (AvgIpc) is 2.79. The third kappa shape index (κ3) is 4.36. The molecule has 0 saturated heterocycles. The summed E-state index contributed by atoms with van der Waals surface area (Å²) in [5, 5.41) is 7.28. The molecule has 3 N–H and O–H groups in total. The Morgan fingerprint density at radius 3 is 2.85 bits per heavy atom. The molecule has 0 unspecified atom stereocenters. The van der Waals surface area contributed by atoms with Gasteiger partial charge in [-0.3, -0.25) is 0 Å². The van der Waals surface area contributed by atoms with Crippen LogP contribution in [0.5, 0.6) is 0 Å². The molecule has 0 saturated carbocycles. The zero-order valence-electron chi connectivity index (χ0n) is 15.4. The summed E-state index contributed by atoms with van der Waals surface area (Å²) in [5.74, 6) is 0. The summed E-state index contributed by atoms with van der Waals surface area (Å²) in [6.07, 6.45) is 12.3. The maximum absolute atomic E-state index is 11.8. The van der Waals surface area contributed by atoms with Crippen LogP contribution >= 0.6 is 0 Å². The number of amides is 1. The largest absolute Gasteiger partial charge is 0.444 e. The first kappa shape index (κ1) is 17.9. The predicted octanol–water partition coefficient (Wildman–Crippen LogP) is 4.25. The van der Waals surface area contributed by atoms with Gasteiger partial charge in [0, 0.05) is 35.6 Å². The normalized spacial score (nSPS) is 13.9. The van der Waals surface area contributed by atoms with Gasteiger partial charge in [-0.15, -0.1) is 0 Å². The van der Waals surface area contributed by atoms with Gasteiger partial charge in [-0.05, 0) is 44.9 Å². The third-order valence-corrected chi connectivity index (χ3v) is 3.97. The highest BCUT2D eigenvalue weighted by atomic mass is 16.6. The lowest BCUT2D eigenvalue weighted by Gasteiger charge is -2.19. The van der Waals surface area contributed by atoms with Gasteiger partial charge in [0.25, 0.3) is 0 Å². The minimum atomic E-state index is -0.484. The standard InChI is InChI=1S/C21H25N3O2/c1-21(2,3)26-20(25)23-13-11-15-14-24-19-16(15)8-7-9-17(19)18-10-5-4-6-12-22-18/h4-10,12,14,22,24H,11,13H2,1-3H3,(H,23,25). The number of fused-ring (bicyclic) bond motifs is 1. The average molecular weight is 351 g/mol. The maximum atomic E-state index is 11.8. The highest BCUT2D eigenvalue weighted by Crippen LogP contribution is 2.26. The molecule has 0 atom stereocenters. The van der Waals surface area contributed by atoms with Crippen LogP contribution in [0.15, 0.2) is 54.9 Å². The monoisotopic (exact) mass is 351 g/mol. The third-order valence-electron chi connectivity index (χ3n) is 3.97. The first-order valence-corrected chi connectivity index (χ1v) is 8.80. The Labute approximate surface area is 153 Å². The number of carbonyl (C=O) groups is 1. The Morgan fingerprint density at radius 2 is 2.04 bits per heavy atom. The number of carbonyl (C=O) groups excluding carboxylic acids is 1. The molecule has 2 aromatic rings. The number of aromatic nitrogens is 1. The second-order valence-corrected chi connectivity index (χ2v) is 7.19. The van der Waals surface area contributed by atoms with Crippen LogP contribution in [0.2, 0.25) is 0 Å². The maximum Gasteiger partial charge on any atom is 0.407 e. The number of ether oxygens (including phenoxy) is 1. The van der Waals surface area contributed by atoms with Gasteiger partial charge in [-0.2, -0.15) is 0 Å². The van der Waals surface area contributed by atoms with Crippen LogP contribution in [0, 0.1) is 0 Å². The minimum absolute atomic E-state index is 0.385. The number of para-hydroxylation sites is 1. The molecular weight excluding hydrogens is 326 g/mol. The summed E-state index contributed by atoms with van der Waals surface area (Å²) in [6.45, 7) is 6.09. The van der Waals surface area contributed by atoms with Crippen molar-refractivity contribution in [1.82, 2.24) is 15.6 Å². The summed E-state index contributed by atoms with van der Waals surface area (Å²) in [7, 11) is 0. The Balaban J connectivity index is 1.72. The van der Waals surface area contributed by atoms with Crippen molar-refractivity contribution in [2.24, 2.45) is 0 Å². The van der Waals surface area contributed by atoms with E-state index in [0.29, 0.717) is 6.54 Å². The number of benzene rings is 1. The molecule has 0 bridgehead atoms. The predicted molar refractivity (Wildman–Crippen MR) is 106 cm³/mol. The van der Waals surface area contributed by atoms with E-state index in [9.17, 15) is 4.79 Å². The van der Waals surface area contributed by atoms with Crippen molar-refractivity contribution in [1.29, 1.82) is 0 Å². The molecule has 0 fully saturated rings. The van der Waals surface area contributed by atoms with Crippen LogP contribution in [-0.4, -0.2) is 23.2 Å². The minimum Gasteiger partial charge on any atom is -0.444 e. The lowest BCUT2D eigenvalue weighted by Crippen LogP contribution is -2.33. The Hall–Kier alpha value is -2.95. The van der Waals surface area contributed by atoms with Gasteiger partial charge in [0.2, 0.25) is 0 Å². The van der Waals surface area contributed by atoms with E-state index in [2.05, 4.69) is 39.9 Å². The quantitative estimate of drug-likeness (QED) is 0.771. The first-order valence-electron chi connectivity index (χ1n) is 8.80. The molecule has 3 rings (SSSR count). The smallest absolute Gasteiger partial charge is 0.407 e. The fraction of sp³-hybridized carbons (Fsp3) is 0.286. The zero-order chi connectivity index (χ0) is 18.6. The molecule has 0 radical (unpaired) electrons. The van der Waals surface area contributed by atoms with Crippen LogP contribution in [0.4, 0.5) is 4.79 Å². The lowest BCUT2D eigenvalue weighted by atomic mass is 10.0. The zero-order valence-corrected chi connectivity index (χ0v) is 15.4. The molecule has 0 spiro atoms. The van der Waals surface area contributed by atoms with E-state index in [-0.39, 0.29) is 6.09 Å². The Bertz CT molecular complexity index is 882.